The van der Waals surface area contributed by atoms with Crippen molar-refractivity contribution in [2.45, 2.75) is 45.1 Å². The predicted molar refractivity (Wildman–Crippen MR) is 58.0 cm³/mol. The molecule has 0 aromatic carbocycles. The Bertz CT molecular complexity index is 154. The Balaban J connectivity index is 3.09. The molecule has 0 heterocycles. The summed E-state index contributed by atoms with van der Waals surface area (Å²) in [6.45, 7) is 3.49. The highest BCUT2D eigenvalue weighted by atomic mass is 16.5. The first-order chi connectivity index (χ1) is 6.85. The Morgan fingerprint density at radius 1 is 1.29 bits per heavy atom. The molecule has 0 aliphatic rings. The van der Waals surface area contributed by atoms with Crippen LogP contribution in [0.3, 0.4) is 0 Å². The average molecular weight is 198 g/mol. The zero-order valence-electron chi connectivity index (χ0n) is 9.38. The quantitative estimate of drug-likeness (QED) is 0.577. The summed E-state index contributed by atoms with van der Waals surface area (Å²) in [5, 5.41) is 11.5. The van der Waals surface area contributed by atoms with Gasteiger partial charge in [0.2, 0.25) is 0 Å². The molecule has 0 aliphatic carbocycles. The van der Waals surface area contributed by atoms with Gasteiger partial charge in [-0.3, -0.25) is 0 Å². The molecule has 0 fully saturated rings. The van der Waals surface area contributed by atoms with Gasteiger partial charge in [0.15, 0.2) is 0 Å². The first kappa shape index (κ1) is 13.4. The van der Waals surface area contributed by atoms with E-state index in [1.807, 2.05) is 0 Å². The van der Waals surface area contributed by atoms with Gasteiger partial charge in [-0.2, -0.15) is 5.26 Å². The van der Waals surface area contributed by atoms with Crippen molar-refractivity contribution in [2.75, 3.05) is 20.3 Å². The number of nitriles is 1. The number of rotatable bonds is 9. The van der Waals surface area contributed by atoms with Crippen molar-refractivity contribution in [1.82, 2.24) is 5.32 Å². The first-order valence-corrected chi connectivity index (χ1v) is 5.49. The number of unbranched alkanes of at least 4 members (excludes halogenated alkanes) is 4. The fraction of sp³-hybridized carbons (Fsp3) is 0.909. The third-order valence-corrected chi connectivity index (χ3v) is 2.18. The summed E-state index contributed by atoms with van der Waals surface area (Å²) >= 11 is 0. The van der Waals surface area contributed by atoms with Crippen molar-refractivity contribution in [3.05, 3.63) is 0 Å². The van der Waals surface area contributed by atoms with Gasteiger partial charge in [0.05, 0.1) is 12.7 Å². The van der Waals surface area contributed by atoms with E-state index in [2.05, 4.69) is 18.3 Å². The SMILES string of the molecule is CCCCCCCOCC(C#N)NC. The lowest BCUT2D eigenvalue weighted by Crippen LogP contribution is -2.28. The monoisotopic (exact) mass is 198 g/mol. The van der Waals surface area contributed by atoms with Crippen LogP contribution in [0, 0.1) is 11.3 Å². The van der Waals surface area contributed by atoms with Gasteiger partial charge in [0.1, 0.15) is 6.04 Å². The summed E-state index contributed by atoms with van der Waals surface area (Å²) in [5.74, 6) is 0. The van der Waals surface area contributed by atoms with Gasteiger partial charge in [-0.05, 0) is 13.5 Å². The number of nitrogens with one attached hydrogen (secondary N) is 1. The number of likely N-dealkylation sites (N-methyl/N-ethyl adjacent to an activating group) is 1. The minimum Gasteiger partial charge on any atom is -0.379 e. The van der Waals surface area contributed by atoms with Crippen LogP contribution in [-0.4, -0.2) is 26.3 Å². The van der Waals surface area contributed by atoms with Crippen LogP contribution in [0.4, 0.5) is 0 Å². The van der Waals surface area contributed by atoms with E-state index in [1.54, 1.807) is 7.05 Å². The second-order valence-corrected chi connectivity index (χ2v) is 3.46. The zero-order valence-corrected chi connectivity index (χ0v) is 9.38. The molecule has 0 rings (SSSR count). The topological polar surface area (TPSA) is 45.0 Å². The molecule has 82 valence electrons. The highest BCUT2D eigenvalue weighted by Crippen LogP contribution is 2.02. The second-order valence-electron chi connectivity index (χ2n) is 3.46. The normalized spacial score (nSPS) is 12.4. The van der Waals surface area contributed by atoms with Crippen molar-refractivity contribution < 1.29 is 4.74 Å². The molecule has 0 aromatic heterocycles. The summed E-state index contributed by atoms with van der Waals surface area (Å²) in [7, 11) is 1.78. The van der Waals surface area contributed by atoms with Crippen molar-refractivity contribution >= 4 is 0 Å². The van der Waals surface area contributed by atoms with Gasteiger partial charge in [0.25, 0.3) is 0 Å². The molecular formula is C11H22N2O. The minimum absolute atomic E-state index is 0.161. The summed E-state index contributed by atoms with van der Waals surface area (Å²) in [5.41, 5.74) is 0. The van der Waals surface area contributed by atoms with Crippen LogP contribution < -0.4 is 5.32 Å². The molecule has 14 heavy (non-hydrogen) atoms. The van der Waals surface area contributed by atoms with E-state index in [0.29, 0.717) is 6.61 Å². The Morgan fingerprint density at radius 3 is 2.57 bits per heavy atom. The van der Waals surface area contributed by atoms with Crippen LogP contribution in [0.25, 0.3) is 0 Å². The van der Waals surface area contributed by atoms with E-state index in [1.165, 1.54) is 25.7 Å². The maximum Gasteiger partial charge on any atom is 0.119 e. The molecule has 3 heteroatoms. The lowest BCUT2D eigenvalue weighted by Gasteiger charge is -2.08. The highest BCUT2D eigenvalue weighted by molar-refractivity contribution is 4.88. The largest absolute Gasteiger partial charge is 0.379 e. The molecular weight excluding hydrogens is 176 g/mol. The minimum atomic E-state index is -0.161. The molecule has 1 N–H and O–H groups in total. The number of hydrogen-bond acceptors (Lipinski definition) is 3. The van der Waals surface area contributed by atoms with Gasteiger partial charge in [-0.15, -0.1) is 0 Å². The van der Waals surface area contributed by atoms with E-state index in [-0.39, 0.29) is 6.04 Å². The molecule has 0 bridgehead atoms. The predicted octanol–water partition coefficient (Wildman–Crippen LogP) is 2.08. The summed E-state index contributed by atoms with van der Waals surface area (Å²) < 4.78 is 5.37. The highest BCUT2D eigenvalue weighted by Gasteiger charge is 2.02. The number of ether oxygens (including phenoxy) is 1. The molecule has 0 spiro atoms. The van der Waals surface area contributed by atoms with Crippen LogP contribution in [0.5, 0.6) is 0 Å². The van der Waals surface area contributed by atoms with E-state index < -0.39 is 0 Å². The molecule has 0 saturated heterocycles. The van der Waals surface area contributed by atoms with Gasteiger partial charge >= 0.3 is 0 Å². The molecule has 0 amide bonds. The smallest absolute Gasteiger partial charge is 0.119 e. The fourth-order valence-electron chi connectivity index (χ4n) is 1.19. The Labute approximate surface area is 87.4 Å². The lowest BCUT2D eigenvalue weighted by molar-refractivity contribution is 0.121. The van der Waals surface area contributed by atoms with Crippen LogP contribution >= 0.6 is 0 Å². The number of hydrogen-bond donors (Lipinski definition) is 1. The van der Waals surface area contributed by atoms with E-state index >= 15 is 0 Å². The number of nitrogens with zero attached hydrogens (tertiary/aromatic N) is 1. The molecule has 1 unspecified atom stereocenters. The van der Waals surface area contributed by atoms with E-state index in [9.17, 15) is 0 Å². The maximum atomic E-state index is 8.61. The molecule has 0 saturated carbocycles. The summed E-state index contributed by atoms with van der Waals surface area (Å²) in [6.07, 6.45) is 6.24. The third kappa shape index (κ3) is 8.03. The second kappa shape index (κ2) is 10.5. The van der Waals surface area contributed by atoms with Crippen molar-refractivity contribution in [2.24, 2.45) is 0 Å². The average Bonchev–Trinajstić information content (AvgIpc) is 2.22. The Kier molecular flexibility index (Phi) is 10.0. The Hall–Kier alpha value is -0.590. The lowest BCUT2D eigenvalue weighted by atomic mass is 10.2. The summed E-state index contributed by atoms with van der Waals surface area (Å²) in [4.78, 5) is 0. The molecule has 0 aromatic rings. The molecule has 0 aliphatic heterocycles. The van der Waals surface area contributed by atoms with Gasteiger partial charge < -0.3 is 10.1 Å². The van der Waals surface area contributed by atoms with Crippen LogP contribution in [-0.2, 0) is 4.74 Å². The van der Waals surface area contributed by atoms with Gasteiger partial charge in [0, 0.05) is 6.61 Å². The van der Waals surface area contributed by atoms with Crippen LogP contribution in [0.1, 0.15) is 39.0 Å². The molecule has 1 atom stereocenters. The van der Waals surface area contributed by atoms with E-state index in [0.717, 1.165) is 13.0 Å². The van der Waals surface area contributed by atoms with E-state index in [4.69, 9.17) is 10.00 Å². The summed E-state index contributed by atoms with van der Waals surface area (Å²) in [6, 6.07) is 1.97. The maximum absolute atomic E-state index is 8.61. The standard InChI is InChI=1S/C11H22N2O/c1-3-4-5-6-7-8-14-10-11(9-12)13-2/h11,13H,3-8,10H2,1-2H3. The molecule has 0 radical (unpaired) electrons. The van der Waals surface area contributed by atoms with Crippen LogP contribution in [0.15, 0.2) is 0 Å². The molecule has 3 nitrogen and oxygen atoms in total. The van der Waals surface area contributed by atoms with Crippen LogP contribution in [0.2, 0.25) is 0 Å². The van der Waals surface area contributed by atoms with Gasteiger partial charge in [-0.1, -0.05) is 32.6 Å². The fourth-order valence-corrected chi connectivity index (χ4v) is 1.19. The Morgan fingerprint density at radius 2 is 2.00 bits per heavy atom. The van der Waals surface area contributed by atoms with Gasteiger partial charge in [-0.25, -0.2) is 0 Å². The first-order valence-electron chi connectivity index (χ1n) is 5.49. The van der Waals surface area contributed by atoms with Crippen molar-refractivity contribution in [1.29, 1.82) is 5.26 Å². The van der Waals surface area contributed by atoms with Crippen molar-refractivity contribution in [3.63, 3.8) is 0 Å². The third-order valence-electron chi connectivity index (χ3n) is 2.18. The zero-order chi connectivity index (χ0) is 10.6. The van der Waals surface area contributed by atoms with Crippen molar-refractivity contribution in [3.8, 4) is 6.07 Å².